The highest BCUT2D eigenvalue weighted by atomic mass is 16.5. The summed E-state index contributed by atoms with van der Waals surface area (Å²) in [6, 6.07) is 5.18. The topological polar surface area (TPSA) is 101 Å². The molecule has 0 aliphatic heterocycles. The minimum Gasteiger partial charge on any atom is -0.478 e. The highest BCUT2D eigenvalue weighted by molar-refractivity contribution is 6.04. The van der Waals surface area contributed by atoms with Gasteiger partial charge in [0.15, 0.2) is 5.78 Å². The molecule has 0 spiro atoms. The number of hydrogen-bond acceptors (Lipinski definition) is 4. The monoisotopic (exact) mass is 280 g/mol. The molecule has 0 aromatic heterocycles. The molecular weight excluding hydrogens is 264 g/mol. The van der Waals surface area contributed by atoms with Crippen molar-refractivity contribution in [1.29, 1.82) is 0 Å². The van der Waals surface area contributed by atoms with Gasteiger partial charge in [-0.2, -0.15) is 0 Å². The number of benzene rings is 1. The maximum absolute atomic E-state index is 12.0. The smallest absolute Gasteiger partial charge is 0.352 e. The molecular formula is C14H16O6. The second-order valence-electron chi connectivity index (χ2n) is 5.28. The molecule has 0 bridgehead atoms. The van der Waals surface area contributed by atoms with Gasteiger partial charge in [-0.1, -0.05) is 20.8 Å². The van der Waals surface area contributed by atoms with Crippen molar-refractivity contribution in [2.45, 2.75) is 26.9 Å². The van der Waals surface area contributed by atoms with E-state index in [-0.39, 0.29) is 11.3 Å². The number of ketones is 1. The third-order valence-electron chi connectivity index (χ3n) is 2.56. The van der Waals surface area contributed by atoms with E-state index in [9.17, 15) is 14.4 Å². The zero-order valence-corrected chi connectivity index (χ0v) is 11.4. The summed E-state index contributed by atoms with van der Waals surface area (Å²) in [5, 5.41) is 17.8. The van der Waals surface area contributed by atoms with Crippen molar-refractivity contribution in [3.8, 4) is 5.75 Å². The highest BCUT2D eigenvalue weighted by Crippen LogP contribution is 2.21. The van der Waals surface area contributed by atoms with E-state index >= 15 is 0 Å². The van der Waals surface area contributed by atoms with Gasteiger partial charge >= 0.3 is 11.9 Å². The van der Waals surface area contributed by atoms with Gasteiger partial charge in [0.25, 0.3) is 6.10 Å². The summed E-state index contributed by atoms with van der Waals surface area (Å²) in [5.41, 5.74) is -0.810. The van der Waals surface area contributed by atoms with Gasteiger partial charge < -0.3 is 14.9 Å². The Morgan fingerprint density at radius 2 is 1.55 bits per heavy atom. The molecule has 108 valence electrons. The van der Waals surface area contributed by atoms with Crippen LogP contribution in [0.4, 0.5) is 0 Å². The Morgan fingerprint density at radius 3 is 1.90 bits per heavy atom. The van der Waals surface area contributed by atoms with E-state index in [1.165, 1.54) is 24.3 Å². The van der Waals surface area contributed by atoms with Crippen LogP contribution in [-0.4, -0.2) is 34.0 Å². The summed E-state index contributed by atoms with van der Waals surface area (Å²) in [5.74, 6) is -2.92. The number of rotatable bonds is 5. The van der Waals surface area contributed by atoms with Crippen molar-refractivity contribution in [2.24, 2.45) is 5.41 Å². The Labute approximate surface area is 116 Å². The number of carboxylic acid groups (broad SMARTS) is 2. The van der Waals surface area contributed by atoms with Gasteiger partial charge in [-0.15, -0.1) is 0 Å². The molecule has 6 heteroatoms. The first-order valence-corrected chi connectivity index (χ1v) is 5.90. The molecule has 0 heterocycles. The van der Waals surface area contributed by atoms with Crippen LogP contribution in [0, 0.1) is 5.41 Å². The van der Waals surface area contributed by atoms with Crippen LogP contribution in [0.15, 0.2) is 24.3 Å². The Kier molecular flexibility index (Phi) is 4.49. The summed E-state index contributed by atoms with van der Waals surface area (Å²) < 4.78 is 5.16. The standard InChI is InChI=1S/C14H16O6/c1-14(2,3)11(15)10(13(18)19)20-9-6-4-8(5-7-9)12(16)17/h4-7,10H,1-3H3,(H,16,17)(H,18,19). The lowest BCUT2D eigenvalue weighted by Crippen LogP contribution is -2.42. The number of carbonyl (C=O) groups is 3. The van der Waals surface area contributed by atoms with Crippen LogP contribution >= 0.6 is 0 Å². The van der Waals surface area contributed by atoms with Gasteiger partial charge in [0.2, 0.25) is 0 Å². The normalized spacial score (nSPS) is 12.6. The third-order valence-corrected chi connectivity index (χ3v) is 2.56. The van der Waals surface area contributed by atoms with Gasteiger partial charge in [-0.05, 0) is 24.3 Å². The molecule has 0 saturated carbocycles. The summed E-state index contributed by atoms with van der Waals surface area (Å²) in [7, 11) is 0. The lowest BCUT2D eigenvalue weighted by atomic mass is 9.87. The molecule has 0 saturated heterocycles. The first kappa shape index (κ1) is 15.7. The minimum atomic E-state index is -1.62. The average molecular weight is 280 g/mol. The van der Waals surface area contributed by atoms with Crippen LogP contribution in [0.25, 0.3) is 0 Å². The van der Waals surface area contributed by atoms with Crippen LogP contribution in [0.1, 0.15) is 31.1 Å². The molecule has 0 radical (unpaired) electrons. The summed E-state index contributed by atoms with van der Waals surface area (Å²) >= 11 is 0. The largest absolute Gasteiger partial charge is 0.478 e. The van der Waals surface area contributed by atoms with Crippen LogP contribution in [0.5, 0.6) is 5.75 Å². The molecule has 0 amide bonds. The number of aliphatic carboxylic acids is 1. The van der Waals surface area contributed by atoms with Gasteiger partial charge in [0.1, 0.15) is 5.75 Å². The van der Waals surface area contributed by atoms with Crippen molar-refractivity contribution in [3.05, 3.63) is 29.8 Å². The van der Waals surface area contributed by atoms with E-state index in [0.29, 0.717) is 0 Å². The van der Waals surface area contributed by atoms with E-state index in [2.05, 4.69) is 0 Å². The summed E-state index contributed by atoms with van der Waals surface area (Å²) in [6.45, 7) is 4.80. The Bertz CT molecular complexity index is 524. The summed E-state index contributed by atoms with van der Waals surface area (Å²) in [4.78, 5) is 33.8. The maximum atomic E-state index is 12.0. The molecule has 6 nitrogen and oxygen atoms in total. The third kappa shape index (κ3) is 3.81. The van der Waals surface area contributed by atoms with Crippen LogP contribution < -0.4 is 4.74 Å². The molecule has 1 aromatic carbocycles. The van der Waals surface area contributed by atoms with E-state index in [0.717, 1.165) is 0 Å². The fourth-order valence-corrected chi connectivity index (χ4v) is 1.42. The predicted octanol–water partition coefficient (Wildman–Crippen LogP) is 1.83. The number of hydrogen-bond donors (Lipinski definition) is 2. The average Bonchev–Trinajstić information content (AvgIpc) is 2.34. The molecule has 1 unspecified atom stereocenters. The number of aromatic carboxylic acids is 1. The molecule has 20 heavy (non-hydrogen) atoms. The Balaban J connectivity index is 2.94. The molecule has 1 atom stereocenters. The molecule has 1 rings (SSSR count). The predicted molar refractivity (Wildman–Crippen MR) is 69.9 cm³/mol. The molecule has 2 N–H and O–H groups in total. The zero-order valence-electron chi connectivity index (χ0n) is 11.4. The van der Waals surface area contributed by atoms with Crippen molar-refractivity contribution in [2.75, 3.05) is 0 Å². The van der Waals surface area contributed by atoms with Crippen LogP contribution in [0.2, 0.25) is 0 Å². The molecule has 0 fully saturated rings. The number of Topliss-reactive ketones (excluding diaryl/α,β-unsaturated/α-hetero) is 1. The summed E-state index contributed by atoms with van der Waals surface area (Å²) in [6.07, 6.45) is -1.62. The first-order valence-electron chi connectivity index (χ1n) is 5.90. The van der Waals surface area contributed by atoms with Crippen molar-refractivity contribution in [1.82, 2.24) is 0 Å². The number of carboxylic acids is 2. The highest BCUT2D eigenvalue weighted by Gasteiger charge is 2.36. The van der Waals surface area contributed by atoms with Crippen LogP contribution in [-0.2, 0) is 9.59 Å². The number of ether oxygens (including phenoxy) is 1. The number of carbonyl (C=O) groups excluding carboxylic acids is 1. The lowest BCUT2D eigenvalue weighted by Gasteiger charge is -2.22. The fraction of sp³-hybridized carbons (Fsp3) is 0.357. The molecule has 0 aliphatic carbocycles. The van der Waals surface area contributed by atoms with Gasteiger partial charge in [0, 0.05) is 5.41 Å². The minimum absolute atomic E-state index is 0.0476. The van der Waals surface area contributed by atoms with E-state index in [1.807, 2.05) is 0 Å². The van der Waals surface area contributed by atoms with Gasteiger partial charge in [-0.3, -0.25) is 4.79 Å². The van der Waals surface area contributed by atoms with Crippen LogP contribution in [0.3, 0.4) is 0 Å². The second kappa shape index (κ2) is 5.73. The lowest BCUT2D eigenvalue weighted by molar-refractivity contribution is -0.153. The maximum Gasteiger partial charge on any atom is 0.352 e. The molecule has 1 aromatic rings. The molecule has 0 aliphatic rings. The van der Waals surface area contributed by atoms with E-state index in [4.69, 9.17) is 14.9 Å². The van der Waals surface area contributed by atoms with E-state index < -0.39 is 29.2 Å². The zero-order chi connectivity index (χ0) is 15.5. The quantitative estimate of drug-likeness (QED) is 0.798. The fourth-order valence-electron chi connectivity index (χ4n) is 1.42. The SMILES string of the molecule is CC(C)(C)C(=O)C(Oc1ccc(C(=O)O)cc1)C(=O)O. The van der Waals surface area contributed by atoms with Crippen molar-refractivity contribution >= 4 is 17.7 Å². The first-order chi connectivity index (χ1) is 9.12. The Morgan fingerprint density at radius 1 is 1.05 bits per heavy atom. The Hall–Kier alpha value is -2.37. The second-order valence-corrected chi connectivity index (χ2v) is 5.28. The van der Waals surface area contributed by atoms with Crippen molar-refractivity contribution in [3.63, 3.8) is 0 Å². The van der Waals surface area contributed by atoms with Crippen molar-refractivity contribution < 1.29 is 29.3 Å². The van der Waals surface area contributed by atoms with Gasteiger partial charge in [0.05, 0.1) is 5.56 Å². The van der Waals surface area contributed by atoms with Gasteiger partial charge in [-0.25, -0.2) is 9.59 Å². The van der Waals surface area contributed by atoms with E-state index in [1.54, 1.807) is 20.8 Å².